The van der Waals surface area contributed by atoms with E-state index in [1.165, 1.54) is 6.08 Å². The maximum atomic E-state index is 14.5. The normalized spacial score (nSPS) is 22.1. The number of nitrogens with zero attached hydrogens (tertiary/aromatic N) is 4. The van der Waals surface area contributed by atoms with E-state index in [0.29, 0.717) is 31.9 Å². The van der Waals surface area contributed by atoms with E-state index in [4.69, 9.17) is 14.0 Å². The summed E-state index contributed by atoms with van der Waals surface area (Å²) in [7, 11) is -1.05. The third-order valence-corrected chi connectivity index (χ3v) is 5.25. The van der Waals surface area contributed by atoms with Crippen molar-refractivity contribution in [2.24, 2.45) is 5.92 Å². The van der Waals surface area contributed by atoms with E-state index < -0.39 is 24.0 Å². The van der Waals surface area contributed by atoms with Crippen LogP contribution in [-0.2, 0) is 20.6 Å². The van der Waals surface area contributed by atoms with Crippen molar-refractivity contribution in [2.45, 2.75) is 52.4 Å². The van der Waals surface area contributed by atoms with Gasteiger partial charge in [-0.1, -0.05) is 5.21 Å². The molecule has 0 bridgehead atoms. The van der Waals surface area contributed by atoms with Crippen LogP contribution in [-0.4, -0.2) is 64.0 Å². The Morgan fingerprint density at radius 1 is 1.37 bits per heavy atom. The molecule has 148 valence electrons. The first kappa shape index (κ1) is 19.8. The third kappa shape index (κ3) is 4.16. The van der Waals surface area contributed by atoms with Crippen molar-refractivity contribution in [2.75, 3.05) is 19.7 Å². The lowest BCUT2D eigenvalue weighted by atomic mass is 9.87. The van der Waals surface area contributed by atoms with Crippen LogP contribution in [0.25, 0.3) is 6.08 Å². The van der Waals surface area contributed by atoms with Gasteiger partial charge in [0.1, 0.15) is 11.4 Å². The molecule has 10 heteroatoms. The van der Waals surface area contributed by atoms with E-state index >= 15 is 0 Å². The summed E-state index contributed by atoms with van der Waals surface area (Å²) >= 11 is 0. The molecule has 8 nitrogen and oxygen atoms in total. The Morgan fingerprint density at radius 2 is 2.00 bits per heavy atom. The van der Waals surface area contributed by atoms with Gasteiger partial charge >= 0.3 is 13.2 Å². The summed E-state index contributed by atoms with van der Waals surface area (Å²) in [6.45, 7) is 11.5. The van der Waals surface area contributed by atoms with Crippen molar-refractivity contribution in [3.8, 4) is 0 Å². The van der Waals surface area contributed by atoms with E-state index in [1.807, 2.05) is 27.7 Å². The Balaban J connectivity index is 1.54. The molecule has 2 saturated heterocycles. The lowest BCUT2D eigenvalue weighted by molar-refractivity contribution is 0.00578. The van der Waals surface area contributed by atoms with Crippen LogP contribution in [0.4, 0.5) is 9.18 Å². The maximum Gasteiger partial charge on any atom is 0.525 e. The number of hydrogen-bond acceptors (Lipinski definition) is 6. The number of ether oxygens (including phenoxy) is 1. The minimum Gasteiger partial charge on any atom is -0.450 e. The molecule has 2 aliphatic rings. The minimum atomic E-state index is -1.05. The number of hydrogen-bond donors (Lipinski definition) is 0. The van der Waals surface area contributed by atoms with Crippen LogP contribution >= 0.6 is 0 Å². The van der Waals surface area contributed by atoms with Crippen molar-refractivity contribution in [1.82, 2.24) is 19.9 Å². The van der Waals surface area contributed by atoms with Crippen LogP contribution in [0.1, 0.15) is 40.3 Å². The summed E-state index contributed by atoms with van der Waals surface area (Å²) in [6, 6.07) is 0. The molecular formula is C17H26BFN4O4. The highest BCUT2D eigenvalue weighted by atomic mass is 19.1. The van der Waals surface area contributed by atoms with Crippen LogP contribution in [0.15, 0.2) is 11.9 Å². The van der Waals surface area contributed by atoms with Gasteiger partial charge in [0.2, 0.25) is 0 Å². The molecule has 0 radical (unpaired) electrons. The van der Waals surface area contributed by atoms with Crippen LogP contribution < -0.4 is 0 Å². The average molecular weight is 380 g/mol. The summed E-state index contributed by atoms with van der Waals surface area (Å²) in [5.41, 5.74) is -1.35. The van der Waals surface area contributed by atoms with E-state index in [0.717, 1.165) is 0 Å². The van der Waals surface area contributed by atoms with E-state index in [9.17, 15) is 9.18 Å². The van der Waals surface area contributed by atoms with E-state index in [1.54, 1.807) is 22.7 Å². The van der Waals surface area contributed by atoms with Gasteiger partial charge in [0.25, 0.3) is 0 Å². The van der Waals surface area contributed by atoms with Gasteiger partial charge in [0.15, 0.2) is 0 Å². The molecule has 0 aromatic carbocycles. The first-order valence-corrected chi connectivity index (χ1v) is 9.16. The first-order valence-electron chi connectivity index (χ1n) is 9.16. The van der Waals surface area contributed by atoms with Crippen molar-refractivity contribution in [3.05, 3.63) is 17.6 Å². The molecule has 1 aromatic rings. The molecule has 0 saturated carbocycles. The number of carbonyl (C=O) groups is 1. The Hall–Kier alpha value is -1.94. The molecule has 3 heterocycles. The quantitative estimate of drug-likeness (QED) is 0.730. The maximum absolute atomic E-state index is 14.5. The molecule has 0 unspecified atom stereocenters. The molecule has 27 heavy (non-hydrogen) atoms. The summed E-state index contributed by atoms with van der Waals surface area (Å²) in [5, 5.41) is 8.00. The number of rotatable bonds is 5. The van der Waals surface area contributed by atoms with Crippen molar-refractivity contribution in [3.63, 3.8) is 0 Å². The van der Waals surface area contributed by atoms with Gasteiger partial charge in [0.05, 0.1) is 24.0 Å². The smallest absolute Gasteiger partial charge is 0.450 e. The third-order valence-electron chi connectivity index (χ3n) is 5.25. The molecule has 0 atom stereocenters. The second-order valence-corrected chi connectivity index (χ2v) is 7.95. The summed E-state index contributed by atoms with van der Waals surface area (Å²) in [5.74, 6) is 0.279. The largest absolute Gasteiger partial charge is 0.525 e. The van der Waals surface area contributed by atoms with Crippen LogP contribution in [0, 0.1) is 5.92 Å². The highest BCUT2D eigenvalue weighted by Gasteiger charge is 2.53. The predicted molar refractivity (Wildman–Crippen MR) is 97.3 cm³/mol. The highest BCUT2D eigenvalue weighted by Crippen LogP contribution is 2.39. The van der Waals surface area contributed by atoms with Crippen molar-refractivity contribution < 1.29 is 23.2 Å². The molecule has 0 N–H and O–H groups in total. The van der Waals surface area contributed by atoms with Crippen LogP contribution in [0.5, 0.6) is 0 Å². The molecule has 1 aromatic heterocycles. The summed E-state index contributed by atoms with van der Waals surface area (Å²) in [4.78, 5) is 13.2. The number of carbonyl (C=O) groups excluding carboxylic acids is 1. The van der Waals surface area contributed by atoms with Crippen molar-refractivity contribution in [1.29, 1.82) is 0 Å². The lowest BCUT2D eigenvalue weighted by Crippen LogP contribution is -2.51. The van der Waals surface area contributed by atoms with Gasteiger partial charge in [-0.3, -0.25) is 4.68 Å². The number of aromatic nitrogens is 3. The second-order valence-electron chi connectivity index (χ2n) is 7.95. The lowest BCUT2D eigenvalue weighted by Gasteiger charge is -2.37. The predicted octanol–water partition coefficient (Wildman–Crippen LogP) is 2.31. The van der Waals surface area contributed by atoms with Gasteiger partial charge in [-0.05, 0) is 40.7 Å². The Kier molecular flexibility index (Phi) is 5.31. The number of likely N-dealkylation sites (tertiary alicyclic amines) is 1. The average Bonchev–Trinajstić information content (AvgIpc) is 3.04. The fraction of sp³-hybridized carbons (Fsp3) is 0.706. The molecule has 2 aliphatic heterocycles. The molecule has 0 aliphatic carbocycles. The molecular weight excluding hydrogens is 354 g/mol. The first-order chi connectivity index (χ1) is 12.6. The second kappa shape index (κ2) is 7.24. The monoisotopic (exact) mass is 380 g/mol. The van der Waals surface area contributed by atoms with E-state index in [-0.39, 0.29) is 12.0 Å². The standard InChI is InChI=1S/C17H26BFN4O4/c1-6-25-15(24)22-8-12(9-22)10-23-11-13(20-21-23)7-14(19)18-26-16(2,3)17(4,5)27-18/h7,11-12H,6,8-10H2,1-5H3. The zero-order valence-electron chi connectivity index (χ0n) is 16.4. The topological polar surface area (TPSA) is 78.7 Å². The fourth-order valence-electron chi connectivity index (χ4n) is 2.95. The fourth-order valence-corrected chi connectivity index (χ4v) is 2.95. The van der Waals surface area contributed by atoms with Gasteiger partial charge < -0.3 is 18.9 Å². The Labute approximate surface area is 158 Å². The van der Waals surface area contributed by atoms with Crippen LogP contribution in [0.2, 0.25) is 0 Å². The summed E-state index contributed by atoms with van der Waals surface area (Å²) in [6.07, 6.45) is 2.65. The molecule has 2 fully saturated rings. The van der Waals surface area contributed by atoms with Crippen molar-refractivity contribution >= 4 is 19.3 Å². The number of halogens is 1. The van der Waals surface area contributed by atoms with Crippen LogP contribution in [0.3, 0.4) is 0 Å². The van der Waals surface area contributed by atoms with Gasteiger partial charge in [-0.2, -0.15) is 0 Å². The molecule has 3 rings (SSSR count). The zero-order chi connectivity index (χ0) is 19.8. The zero-order valence-corrected chi connectivity index (χ0v) is 16.4. The SMILES string of the molecule is CCOC(=O)N1CC(Cn2cc(C=C(F)B3OC(C)(C)C(C)(C)O3)nn2)C1. The number of amides is 1. The molecule has 0 spiro atoms. The van der Waals surface area contributed by atoms with Gasteiger partial charge in [-0.25, -0.2) is 9.18 Å². The van der Waals surface area contributed by atoms with E-state index in [2.05, 4.69) is 10.3 Å². The highest BCUT2D eigenvalue weighted by molar-refractivity contribution is 6.54. The Morgan fingerprint density at radius 3 is 2.59 bits per heavy atom. The Bertz CT molecular complexity index is 714. The minimum absolute atomic E-state index is 0.279. The summed E-state index contributed by atoms with van der Waals surface area (Å²) < 4.78 is 32.5. The van der Waals surface area contributed by atoms with Gasteiger partial charge in [-0.15, -0.1) is 5.10 Å². The van der Waals surface area contributed by atoms with Gasteiger partial charge in [0, 0.05) is 25.6 Å². The molecule has 1 amide bonds.